The number of fused-ring (bicyclic) bond motifs is 4. The highest BCUT2D eigenvalue weighted by Gasteiger charge is 2.36. The highest BCUT2D eigenvalue weighted by molar-refractivity contribution is 5.91. The van der Waals surface area contributed by atoms with Crippen LogP contribution in [0.4, 0.5) is 0 Å². The summed E-state index contributed by atoms with van der Waals surface area (Å²) in [5.74, 6) is 0. The first kappa shape index (κ1) is 21.5. The van der Waals surface area contributed by atoms with E-state index in [1.54, 1.807) is 0 Å². The molecule has 0 nitrogen and oxygen atoms in total. The van der Waals surface area contributed by atoms with Gasteiger partial charge in [-0.3, -0.25) is 0 Å². The van der Waals surface area contributed by atoms with Gasteiger partial charge >= 0.3 is 0 Å². The third kappa shape index (κ3) is 2.89. The minimum Gasteiger partial charge on any atom is -0.0617 e. The first-order valence-electron chi connectivity index (χ1n) is 14.1. The number of benzene rings is 6. The molecule has 39 heavy (non-hydrogen) atoms. The van der Waals surface area contributed by atoms with Crippen molar-refractivity contribution in [2.45, 2.75) is 32.1 Å². The standard InChI is InChI=1S/C39H28/c1-39(2)35-21-26(25-11-10-23-6-3-4-7-24(23)16-25)12-14-33(35)34-15-13-27(22-36(34)39)30-19-31-17-28-8-5-9-29-18-32(20-30)38(31)37(28)29/h3-16,19-22H,17-18H2,1-2H3. The summed E-state index contributed by atoms with van der Waals surface area (Å²) in [5.41, 5.74) is 19.9. The molecule has 184 valence electrons. The maximum atomic E-state index is 2.47. The molecule has 0 N–H and O–H groups in total. The lowest BCUT2D eigenvalue weighted by atomic mass is 9.80. The van der Waals surface area contributed by atoms with Crippen molar-refractivity contribution in [1.82, 2.24) is 0 Å². The van der Waals surface area contributed by atoms with Crippen LogP contribution >= 0.6 is 0 Å². The van der Waals surface area contributed by atoms with Crippen LogP contribution < -0.4 is 0 Å². The summed E-state index contributed by atoms with van der Waals surface area (Å²) >= 11 is 0. The van der Waals surface area contributed by atoms with Gasteiger partial charge < -0.3 is 0 Å². The van der Waals surface area contributed by atoms with Crippen LogP contribution in [0.3, 0.4) is 0 Å². The molecule has 9 rings (SSSR count). The van der Waals surface area contributed by atoms with Crippen LogP contribution in [0.1, 0.15) is 47.2 Å². The Bertz CT molecular complexity index is 1990. The predicted octanol–water partition coefficient (Wildman–Crippen LogP) is 9.96. The van der Waals surface area contributed by atoms with Crippen LogP contribution in [-0.4, -0.2) is 0 Å². The van der Waals surface area contributed by atoms with E-state index in [9.17, 15) is 0 Å². The molecule has 0 heterocycles. The third-order valence-corrected chi connectivity index (χ3v) is 9.64. The SMILES string of the molecule is CC1(C)c2cc(-c3cc4c5c(c3)Cc3cccc(c3-5)C4)ccc2-c2ccc(-c3ccc4ccccc4c3)cc21. The number of rotatable bonds is 2. The Labute approximate surface area is 229 Å². The van der Waals surface area contributed by atoms with E-state index in [0.29, 0.717) is 0 Å². The molecule has 3 aliphatic rings. The molecule has 6 aromatic carbocycles. The predicted molar refractivity (Wildman–Crippen MR) is 163 cm³/mol. The minimum absolute atomic E-state index is 0.0511. The van der Waals surface area contributed by atoms with Gasteiger partial charge in [0, 0.05) is 5.41 Å². The fourth-order valence-corrected chi connectivity index (χ4v) is 7.68. The number of hydrogen-bond acceptors (Lipinski definition) is 0. The summed E-state index contributed by atoms with van der Waals surface area (Å²) in [4.78, 5) is 0. The molecule has 0 aliphatic heterocycles. The highest BCUT2D eigenvalue weighted by Crippen LogP contribution is 2.52. The van der Waals surface area contributed by atoms with Gasteiger partial charge in [0.25, 0.3) is 0 Å². The van der Waals surface area contributed by atoms with Crippen molar-refractivity contribution in [1.29, 1.82) is 0 Å². The highest BCUT2D eigenvalue weighted by atomic mass is 14.4. The van der Waals surface area contributed by atoms with E-state index in [2.05, 4.69) is 123 Å². The van der Waals surface area contributed by atoms with Crippen LogP contribution in [-0.2, 0) is 18.3 Å². The Morgan fingerprint density at radius 1 is 0.436 bits per heavy atom. The lowest BCUT2D eigenvalue weighted by Gasteiger charge is -2.23. The van der Waals surface area contributed by atoms with Crippen LogP contribution in [0.25, 0.3) is 55.3 Å². The van der Waals surface area contributed by atoms with Crippen molar-refractivity contribution in [3.05, 3.63) is 143 Å². The van der Waals surface area contributed by atoms with Gasteiger partial charge in [0.2, 0.25) is 0 Å². The second-order valence-electron chi connectivity index (χ2n) is 12.2. The summed E-state index contributed by atoms with van der Waals surface area (Å²) in [7, 11) is 0. The van der Waals surface area contributed by atoms with E-state index in [-0.39, 0.29) is 5.41 Å². The molecule has 0 spiro atoms. The van der Waals surface area contributed by atoms with Gasteiger partial charge in [-0.15, -0.1) is 0 Å². The molecule has 0 fully saturated rings. The van der Waals surface area contributed by atoms with Gasteiger partial charge in [0.15, 0.2) is 0 Å². The first-order valence-corrected chi connectivity index (χ1v) is 14.1. The van der Waals surface area contributed by atoms with Crippen molar-refractivity contribution in [3.8, 4) is 44.5 Å². The normalized spacial score (nSPS) is 14.9. The smallest absolute Gasteiger partial charge is 0.0159 e. The third-order valence-electron chi connectivity index (χ3n) is 9.64. The zero-order chi connectivity index (χ0) is 25.9. The Balaban J connectivity index is 1.13. The van der Waals surface area contributed by atoms with Crippen molar-refractivity contribution in [2.24, 2.45) is 0 Å². The van der Waals surface area contributed by atoms with E-state index in [1.807, 2.05) is 0 Å². The van der Waals surface area contributed by atoms with E-state index < -0.39 is 0 Å². The van der Waals surface area contributed by atoms with Crippen LogP contribution in [0.15, 0.2) is 109 Å². The Kier molecular flexibility index (Phi) is 4.06. The quantitative estimate of drug-likeness (QED) is 0.223. The monoisotopic (exact) mass is 496 g/mol. The zero-order valence-electron chi connectivity index (χ0n) is 22.3. The van der Waals surface area contributed by atoms with Gasteiger partial charge in [-0.1, -0.05) is 105 Å². The van der Waals surface area contributed by atoms with E-state index in [0.717, 1.165) is 12.8 Å². The summed E-state index contributed by atoms with van der Waals surface area (Å²) < 4.78 is 0. The minimum atomic E-state index is -0.0511. The molecule has 6 aromatic rings. The van der Waals surface area contributed by atoms with E-state index >= 15 is 0 Å². The molecule has 0 aromatic heterocycles. The molecule has 0 heteroatoms. The number of hydrogen-bond donors (Lipinski definition) is 0. The van der Waals surface area contributed by atoms with Crippen LogP contribution in [0, 0.1) is 0 Å². The molecule has 3 aliphatic carbocycles. The van der Waals surface area contributed by atoms with E-state index in [1.165, 1.54) is 88.7 Å². The molecular formula is C39H28. The summed E-state index contributed by atoms with van der Waals surface area (Å²) in [5, 5.41) is 2.58. The van der Waals surface area contributed by atoms with Crippen LogP contribution in [0.2, 0.25) is 0 Å². The maximum Gasteiger partial charge on any atom is 0.0159 e. The molecule has 0 atom stereocenters. The van der Waals surface area contributed by atoms with Crippen molar-refractivity contribution in [2.75, 3.05) is 0 Å². The van der Waals surface area contributed by atoms with Crippen molar-refractivity contribution in [3.63, 3.8) is 0 Å². The van der Waals surface area contributed by atoms with Gasteiger partial charge in [-0.2, -0.15) is 0 Å². The molecule has 0 radical (unpaired) electrons. The molecular weight excluding hydrogens is 468 g/mol. The summed E-state index contributed by atoms with van der Waals surface area (Å²) in [6, 6.07) is 41.5. The average Bonchev–Trinajstić information content (AvgIpc) is 3.61. The molecule has 0 saturated heterocycles. The Morgan fingerprint density at radius 2 is 0.974 bits per heavy atom. The topological polar surface area (TPSA) is 0 Å². The van der Waals surface area contributed by atoms with Crippen molar-refractivity contribution < 1.29 is 0 Å². The van der Waals surface area contributed by atoms with Gasteiger partial charge in [0.1, 0.15) is 0 Å². The molecule has 0 amide bonds. The first-order chi connectivity index (χ1) is 19.0. The van der Waals surface area contributed by atoms with Gasteiger partial charge in [0.05, 0.1) is 0 Å². The van der Waals surface area contributed by atoms with Crippen molar-refractivity contribution >= 4 is 10.8 Å². The Morgan fingerprint density at radius 3 is 1.64 bits per heavy atom. The summed E-state index contributed by atoms with van der Waals surface area (Å²) in [6.45, 7) is 4.79. The van der Waals surface area contributed by atoms with Crippen LogP contribution in [0.5, 0.6) is 0 Å². The fraction of sp³-hybridized carbons (Fsp3) is 0.128. The van der Waals surface area contributed by atoms with Gasteiger partial charge in [-0.25, -0.2) is 0 Å². The zero-order valence-corrected chi connectivity index (χ0v) is 22.3. The largest absolute Gasteiger partial charge is 0.0617 e. The summed E-state index contributed by atoms with van der Waals surface area (Å²) in [6.07, 6.45) is 2.14. The van der Waals surface area contributed by atoms with E-state index in [4.69, 9.17) is 0 Å². The Hall–Kier alpha value is -4.42. The molecule has 0 saturated carbocycles. The van der Waals surface area contributed by atoms with Gasteiger partial charge in [-0.05, 0) is 120 Å². The lowest BCUT2D eigenvalue weighted by molar-refractivity contribution is 0.661. The second kappa shape index (κ2) is 7.36. The maximum absolute atomic E-state index is 2.47. The fourth-order valence-electron chi connectivity index (χ4n) is 7.68. The molecule has 0 unspecified atom stereocenters. The molecule has 0 bridgehead atoms. The average molecular weight is 497 g/mol. The lowest BCUT2D eigenvalue weighted by Crippen LogP contribution is -2.15. The second-order valence-corrected chi connectivity index (χ2v) is 12.2.